The summed E-state index contributed by atoms with van der Waals surface area (Å²) < 4.78 is 13.7. The molecule has 2 heterocycles. The minimum atomic E-state index is -0.215. The zero-order chi connectivity index (χ0) is 18.1. The number of allylic oxidation sites excluding steroid dienone is 2. The molecule has 2 aromatic rings. The van der Waals surface area contributed by atoms with Gasteiger partial charge in [0.15, 0.2) is 0 Å². The Labute approximate surface area is 154 Å². The molecule has 134 valence electrons. The number of benzene rings is 1. The highest BCUT2D eigenvalue weighted by molar-refractivity contribution is 5.42. The number of rotatable bonds is 4. The smallest absolute Gasteiger partial charge is 0.119 e. The average molecular weight is 348 g/mol. The lowest BCUT2D eigenvalue weighted by atomic mass is 9.85. The molecule has 0 bridgehead atoms. The van der Waals surface area contributed by atoms with Gasteiger partial charge < -0.3 is 14.0 Å². The lowest BCUT2D eigenvalue weighted by Crippen LogP contribution is -2.36. The maximum Gasteiger partial charge on any atom is 0.119 e. The van der Waals surface area contributed by atoms with Crippen LogP contribution >= 0.6 is 0 Å². The Balaban J connectivity index is 1.74. The van der Waals surface area contributed by atoms with Crippen LogP contribution in [0.2, 0.25) is 0 Å². The van der Waals surface area contributed by atoms with Crippen LogP contribution in [0.4, 0.5) is 0 Å². The highest BCUT2D eigenvalue weighted by Crippen LogP contribution is 2.37. The summed E-state index contributed by atoms with van der Waals surface area (Å²) >= 11 is 0. The van der Waals surface area contributed by atoms with E-state index in [0.717, 1.165) is 11.3 Å². The molecule has 4 rings (SSSR count). The molecule has 2 aliphatic rings. The predicted molar refractivity (Wildman–Crippen MR) is 102 cm³/mol. The van der Waals surface area contributed by atoms with Gasteiger partial charge in [-0.3, -0.25) is 0 Å². The Bertz CT molecular complexity index is 862. The van der Waals surface area contributed by atoms with Crippen molar-refractivity contribution in [1.29, 1.82) is 0 Å². The maximum absolute atomic E-state index is 6.18. The van der Waals surface area contributed by atoms with E-state index in [1.807, 2.05) is 30.9 Å². The second-order valence-corrected chi connectivity index (χ2v) is 7.34. The van der Waals surface area contributed by atoms with Crippen molar-refractivity contribution in [2.75, 3.05) is 7.11 Å². The number of fused-ring (bicyclic) bond motifs is 1. The third-order valence-corrected chi connectivity index (χ3v) is 4.95. The van der Waals surface area contributed by atoms with Gasteiger partial charge in [0.2, 0.25) is 0 Å². The fraction of sp³-hybridized carbons (Fsp3) is 0.318. The zero-order valence-electron chi connectivity index (χ0n) is 15.4. The number of methoxy groups -OCH3 is 1. The summed E-state index contributed by atoms with van der Waals surface area (Å²) in [6, 6.07) is 8.26. The molecule has 0 radical (unpaired) electrons. The number of aromatic nitrogens is 2. The summed E-state index contributed by atoms with van der Waals surface area (Å²) in [5.74, 6) is 1.10. The van der Waals surface area contributed by atoms with Crippen molar-refractivity contribution in [3.8, 4) is 5.75 Å². The molecule has 0 amide bonds. The van der Waals surface area contributed by atoms with Gasteiger partial charge in [-0.05, 0) is 37.1 Å². The molecule has 4 heteroatoms. The lowest BCUT2D eigenvalue weighted by molar-refractivity contribution is -0.0395. The minimum Gasteiger partial charge on any atom is -0.497 e. The summed E-state index contributed by atoms with van der Waals surface area (Å²) in [5.41, 5.74) is 2.18. The van der Waals surface area contributed by atoms with Crippen LogP contribution in [0, 0.1) is 5.92 Å². The lowest BCUT2D eigenvalue weighted by Gasteiger charge is -2.37. The molecule has 1 aliphatic heterocycles. The molecule has 1 aromatic heterocycles. The molecule has 0 saturated heterocycles. The first-order valence-corrected chi connectivity index (χ1v) is 8.94. The Kier molecular flexibility index (Phi) is 4.29. The van der Waals surface area contributed by atoms with Crippen molar-refractivity contribution in [2.45, 2.75) is 31.6 Å². The molecule has 1 aromatic carbocycles. The molecule has 0 fully saturated rings. The Morgan fingerprint density at radius 3 is 2.92 bits per heavy atom. The Morgan fingerprint density at radius 2 is 2.15 bits per heavy atom. The van der Waals surface area contributed by atoms with Gasteiger partial charge in [-0.25, -0.2) is 4.98 Å². The molecular formula is C22H24N2O2. The molecular weight excluding hydrogens is 324 g/mol. The van der Waals surface area contributed by atoms with E-state index in [0.29, 0.717) is 0 Å². The number of imidazole rings is 1. The third-order valence-electron chi connectivity index (χ3n) is 4.95. The van der Waals surface area contributed by atoms with Crippen molar-refractivity contribution in [1.82, 2.24) is 9.55 Å². The first kappa shape index (κ1) is 16.9. The summed E-state index contributed by atoms with van der Waals surface area (Å²) in [7, 11) is 1.70. The van der Waals surface area contributed by atoms with Gasteiger partial charge in [-0.1, -0.05) is 42.5 Å². The normalized spacial score (nSPS) is 24.7. The molecule has 0 saturated carbocycles. The van der Waals surface area contributed by atoms with Crippen molar-refractivity contribution in [3.63, 3.8) is 0 Å². The van der Waals surface area contributed by atoms with E-state index in [1.54, 1.807) is 7.11 Å². The third kappa shape index (κ3) is 3.25. The van der Waals surface area contributed by atoms with Crippen LogP contribution in [-0.2, 0) is 4.74 Å². The predicted octanol–water partition coefficient (Wildman–Crippen LogP) is 4.33. The van der Waals surface area contributed by atoms with E-state index >= 15 is 0 Å². The minimum absolute atomic E-state index is 0.0492. The molecule has 0 spiro atoms. The van der Waals surface area contributed by atoms with Crippen LogP contribution in [-0.4, -0.2) is 28.4 Å². The molecule has 26 heavy (non-hydrogen) atoms. The Hall–Kier alpha value is -2.59. The van der Waals surface area contributed by atoms with Gasteiger partial charge in [-0.2, -0.15) is 0 Å². The SMILES string of the molecule is COc1cccc(C(C2=CC3C=CC(C)(C)OC3C=C2)n2ccnc2)c1. The van der Waals surface area contributed by atoms with Gasteiger partial charge in [-0.15, -0.1) is 0 Å². The second kappa shape index (κ2) is 6.61. The molecule has 1 aliphatic carbocycles. The van der Waals surface area contributed by atoms with Gasteiger partial charge in [0.25, 0.3) is 0 Å². The van der Waals surface area contributed by atoms with Crippen molar-refractivity contribution < 1.29 is 9.47 Å². The molecule has 0 N–H and O–H groups in total. The second-order valence-electron chi connectivity index (χ2n) is 7.34. The standard InChI is InChI=1S/C22H24N2O2/c1-22(2)10-9-16-13-18(7-8-20(16)26-22)21(24-12-11-23-15-24)17-5-4-6-19(14-17)25-3/h4-16,20-21H,1-3H3. The Morgan fingerprint density at radius 1 is 1.27 bits per heavy atom. The van der Waals surface area contributed by atoms with Crippen LogP contribution in [0.3, 0.4) is 0 Å². The quantitative estimate of drug-likeness (QED) is 0.772. The fourth-order valence-electron chi connectivity index (χ4n) is 3.68. The van der Waals surface area contributed by atoms with Crippen LogP contribution in [0.5, 0.6) is 5.75 Å². The maximum atomic E-state index is 6.18. The first-order valence-electron chi connectivity index (χ1n) is 8.94. The van der Waals surface area contributed by atoms with Crippen molar-refractivity contribution in [2.24, 2.45) is 5.92 Å². The van der Waals surface area contributed by atoms with Crippen LogP contribution in [0.25, 0.3) is 0 Å². The number of nitrogens with zero attached hydrogens (tertiary/aromatic N) is 2. The number of hydrogen-bond acceptors (Lipinski definition) is 3. The van der Waals surface area contributed by atoms with Crippen LogP contribution < -0.4 is 4.74 Å². The number of hydrogen-bond donors (Lipinski definition) is 0. The average Bonchev–Trinajstić information content (AvgIpc) is 3.16. The van der Waals surface area contributed by atoms with Crippen LogP contribution in [0.15, 0.2) is 78.9 Å². The van der Waals surface area contributed by atoms with Crippen molar-refractivity contribution in [3.05, 3.63) is 84.5 Å². The van der Waals surface area contributed by atoms with E-state index in [2.05, 4.69) is 65.9 Å². The summed E-state index contributed by atoms with van der Waals surface area (Å²) in [4.78, 5) is 4.25. The highest BCUT2D eigenvalue weighted by Gasteiger charge is 2.32. The molecule has 4 nitrogen and oxygen atoms in total. The molecule has 3 unspecified atom stereocenters. The van der Waals surface area contributed by atoms with E-state index in [9.17, 15) is 0 Å². The van der Waals surface area contributed by atoms with Gasteiger partial charge in [0, 0.05) is 18.3 Å². The van der Waals surface area contributed by atoms with E-state index < -0.39 is 0 Å². The van der Waals surface area contributed by atoms with E-state index in [4.69, 9.17) is 9.47 Å². The number of ether oxygens (including phenoxy) is 2. The first-order chi connectivity index (χ1) is 12.6. The summed E-state index contributed by atoms with van der Waals surface area (Å²) in [5, 5.41) is 0. The summed E-state index contributed by atoms with van der Waals surface area (Å²) in [6.07, 6.45) is 16.8. The zero-order valence-corrected chi connectivity index (χ0v) is 15.4. The topological polar surface area (TPSA) is 36.3 Å². The van der Waals surface area contributed by atoms with Crippen molar-refractivity contribution >= 4 is 0 Å². The van der Waals surface area contributed by atoms with Gasteiger partial charge in [0.1, 0.15) is 5.75 Å². The van der Waals surface area contributed by atoms with E-state index in [-0.39, 0.29) is 23.7 Å². The molecule has 3 atom stereocenters. The van der Waals surface area contributed by atoms with E-state index in [1.165, 1.54) is 5.57 Å². The van der Waals surface area contributed by atoms with Crippen LogP contribution in [0.1, 0.15) is 25.5 Å². The summed E-state index contributed by atoms with van der Waals surface area (Å²) in [6.45, 7) is 4.19. The highest BCUT2D eigenvalue weighted by atomic mass is 16.5. The fourth-order valence-corrected chi connectivity index (χ4v) is 3.68. The van der Waals surface area contributed by atoms with Gasteiger partial charge >= 0.3 is 0 Å². The van der Waals surface area contributed by atoms with Gasteiger partial charge in [0.05, 0.1) is 31.2 Å². The largest absolute Gasteiger partial charge is 0.497 e. The monoisotopic (exact) mass is 348 g/mol.